The van der Waals surface area contributed by atoms with Crippen LogP contribution in [-0.2, 0) is 11.3 Å². The van der Waals surface area contributed by atoms with Gasteiger partial charge in [-0.2, -0.15) is 30.3 Å². The largest absolute Gasteiger partial charge is 2.00 e. The van der Waals surface area contributed by atoms with Crippen molar-refractivity contribution >= 4 is 23.1 Å². The molecule has 0 radical (unpaired) electrons. The Labute approximate surface area is 100 Å². The minimum atomic E-state index is 0. The first-order valence-electron chi connectivity index (χ1n) is 3.46. The van der Waals surface area contributed by atoms with Crippen LogP contribution in [0.4, 0.5) is 0 Å². The third-order valence-electron chi connectivity index (χ3n) is 1.24. The van der Waals surface area contributed by atoms with Crippen LogP contribution in [0.25, 0.3) is 0 Å². The molecule has 62 valence electrons. The Morgan fingerprint density at radius 2 is 2.25 bits per heavy atom. The van der Waals surface area contributed by atoms with Crippen molar-refractivity contribution in [2.75, 3.05) is 6.61 Å². The smallest absolute Gasteiger partial charge is 1.00 e. The molecule has 12 heavy (non-hydrogen) atoms. The molecule has 0 aliphatic carbocycles. The van der Waals surface area contributed by atoms with Crippen molar-refractivity contribution < 1.29 is 21.7 Å². The summed E-state index contributed by atoms with van der Waals surface area (Å²) in [6.07, 6.45) is 0. The van der Waals surface area contributed by atoms with Crippen LogP contribution in [0.3, 0.4) is 0 Å². The maximum atomic E-state index is 5.20. The fourth-order valence-corrected chi connectivity index (χ4v) is 0.740. The summed E-state index contributed by atoms with van der Waals surface area (Å²) in [5, 5.41) is 0. The fraction of sp³-hybridized carbons (Fsp3) is 0.333. The van der Waals surface area contributed by atoms with Crippen molar-refractivity contribution in [1.82, 2.24) is 0 Å². The summed E-state index contributed by atoms with van der Waals surface area (Å²) in [4.78, 5) is 0. The van der Waals surface area contributed by atoms with Crippen LogP contribution in [-0.4, -0.2) is 29.7 Å². The van der Waals surface area contributed by atoms with Gasteiger partial charge >= 0.3 is 23.1 Å². The first-order valence-corrected chi connectivity index (χ1v) is 3.46. The molecular weight excluding hydrogens is 228 g/mol. The SMILES string of the molecule is CCOCc1c[c-]ccc1.[Br-].[Mg+2]. The molecule has 0 bridgehead atoms. The monoisotopic (exact) mass is 238 g/mol. The van der Waals surface area contributed by atoms with Crippen LogP contribution < -0.4 is 17.0 Å². The molecule has 0 aromatic heterocycles. The van der Waals surface area contributed by atoms with E-state index in [9.17, 15) is 0 Å². The summed E-state index contributed by atoms with van der Waals surface area (Å²) >= 11 is 0. The third kappa shape index (κ3) is 6.00. The predicted molar refractivity (Wildman–Crippen MR) is 46.4 cm³/mol. The van der Waals surface area contributed by atoms with Crippen molar-refractivity contribution in [2.24, 2.45) is 0 Å². The van der Waals surface area contributed by atoms with E-state index in [1.54, 1.807) is 0 Å². The van der Waals surface area contributed by atoms with Gasteiger partial charge in [0.15, 0.2) is 0 Å². The van der Waals surface area contributed by atoms with E-state index in [1.165, 1.54) is 5.56 Å². The molecule has 0 saturated carbocycles. The molecule has 0 aliphatic rings. The van der Waals surface area contributed by atoms with Crippen LogP contribution in [0.15, 0.2) is 24.3 Å². The van der Waals surface area contributed by atoms with Crippen LogP contribution in [0, 0.1) is 6.07 Å². The molecule has 0 aliphatic heterocycles. The molecule has 1 aromatic rings. The van der Waals surface area contributed by atoms with Gasteiger partial charge in [-0.3, -0.25) is 0 Å². The van der Waals surface area contributed by atoms with Gasteiger partial charge in [0.1, 0.15) is 0 Å². The van der Waals surface area contributed by atoms with Gasteiger partial charge in [0, 0.05) is 13.2 Å². The summed E-state index contributed by atoms with van der Waals surface area (Å²) in [5.41, 5.74) is 1.18. The number of benzene rings is 1. The van der Waals surface area contributed by atoms with E-state index in [-0.39, 0.29) is 40.0 Å². The minimum absolute atomic E-state index is 0. The standard InChI is InChI=1S/C9H11O.BrH.Mg/c1-2-10-8-9-6-4-3-5-7-9;;/h3-4,6-7H,2,8H2,1H3;1H;/q-1;;+2/p-1. The Hall–Kier alpha value is 0.426. The van der Waals surface area contributed by atoms with Gasteiger partial charge in [-0.15, -0.1) is 5.56 Å². The van der Waals surface area contributed by atoms with Crippen LogP contribution in [0.2, 0.25) is 0 Å². The number of halogens is 1. The first-order chi connectivity index (χ1) is 4.93. The maximum Gasteiger partial charge on any atom is 2.00 e. The van der Waals surface area contributed by atoms with Crippen LogP contribution >= 0.6 is 0 Å². The molecule has 0 spiro atoms. The molecule has 1 rings (SSSR count). The first kappa shape index (κ1) is 14.9. The summed E-state index contributed by atoms with van der Waals surface area (Å²) in [7, 11) is 0. The zero-order chi connectivity index (χ0) is 7.23. The zero-order valence-corrected chi connectivity index (χ0v) is 10.2. The Morgan fingerprint density at radius 1 is 1.50 bits per heavy atom. The molecule has 3 heteroatoms. The average molecular weight is 239 g/mol. The summed E-state index contributed by atoms with van der Waals surface area (Å²) in [6, 6.07) is 10.8. The van der Waals surface area contributed by atoms with Crippen molar-refractivity contribution in [3.05, 3.63) is 35.9 Å². The Bertz CT molecular complexity index is 179. The molecule has 0 N–H and O–H groups in total. The second-order valence-corrected chi connectivity index (χ2v) is 2.05. The maximum absolute atomic E-state index is 5.20. The van der Waals surface area contributed by atoms with Gasteiger partial charge in [0.2, 0.25) is 0 Å². The van der Waals surface area contributed by atoms with Crippen molar-refractivity contribution in [3.63, 3.8) is 0 Å². The number of hydrogen-bond donors (Lipinski definition) is 0. The fourth-order valence-electron chi connectivity index (χ4n) is 0.740. The Morgan fingerprint density at radius 3 is 2.75 bits per heavy atom. The van der Waals surface area contributed by atoms with Crippen molar-refractivity contribution in [1.29, 1.82) is 0 Å². The van der Waals surface area contributed by atoms with E-state index in [1.807, 2.05) is 31.2 Å². The molecule has 0 heterocycles. The van der Waals surface area contributed by atoms with E-state index in [4.69, 9.17) is 4.74 Å². The van der Waals surface area contributed by atoms with Crippen molar-refractivity contribution in [2.45, 2.75) is 13.5 Å². The van der Waals surface area contributed by atoms with Gasteiger partial charge in [-0.05, 0) is 6.92 Å². The molecule has 0 unspecified atom stereocenters. The molecule has 0 fully saturated rings. The number of rotatable bonds is 3. The normalized spacial score (nSPS) is 8.08. The van der Waals surface area contributed by atoms with Crippen LogP contribution in [0.5, 0.6) is 0 Å². The van der Waals surface area contributed by atoms with E-state index < -0.39 is 0 Å². The predicted octanol–water partition coefficient (Wildman–Crippen LogP) is -1.35. The van der Waals surface area contributed by atoms with Gasteiger partial charge in [0.25, 0.3) is 0 Å². The van der Waals surface area contributed by atoms with E-state index in [0.717, 1.165) is 6.61 Å². The Balaban J connectivity index is 0. The van der Waals surface area contributed by atoms with Gasteiger partial charge in [0.05, 0.1) is 0 Å². The molecule has 0 atom stereocenters. The summed E-state index contributed by atoms with van der Waals surface area (Å²) in [5.74, 6) is 0. The van der Waals surface area contributed by atoms with Crippen LogP contribution in [0.1, 0.15) is 12.5 Å². The van der Waals surface area contributed by atoms with Gasteiger partial charge in [-0.25, -0.2) is 0 Å². The molecule has 1 aromatic carbocycles. The second kappa shape index (κ2) is 9.51. The molecule has 0 amide bonds. The van der Waals surface area contributed by atoms with E-state index in [0.29, 0.717) is 6.61 Å². The molecule has 0 saturated heterocycles. The molecule has 1 nitrogen and oxygen atoms in total. The summed E-state index contributed by atoms with van der Waals surface area (Å²) in [6.45, 7) is 3.47. The average Bonchev–Trinajstić information content (AvgIpc) is 2.03. The quantitative estimate of drug-likeness (QED) is 0.468. The van der Waals surface area contributed by atoms with E-state index in [2.05, 4.69) is 6.07 Å². The topological polar surface area (TPSA) is 9.23 Å². The number of hydrogen-bond acceptors (Lipinski definition) is 1. The van der Waals surface area contributed by atoms with Gasteiger partial charge in [-0.1, -0.05) is 0 Å². The second-order valence-electron chi connectivity index (χ2n) is 2.05. The molecular formula is C9H11BrMgO. The Kier molecular flexibility index (Phi) is 11.8. The summed E-state index contributed by atoms with van der Waals surface area (Å²) < 4.78 is 5.20. The van der Waals surface area contributed by atoms with Gasteiger partial charge < -0.3 is 21.7 Å². The number of ether oxygens (including phenoxy) is 1. The van der Waals surface area contributed by atoms with E-state index >= 15 is 0 Å². The zero-order valence-electron chi connectivity index (χ0n) is 7.22. The third-order valence-corrected chi connectivity index (χ3v) is 1.24. The minimum Gasteiger partial charge on any atom is -1.00 e. The van der Waals surface area contributed by atoms with Crippen molar-refractivity contribution in [3.8, 4) is 0 Å².